The molecule has 3 heteroatoms. The molecule has 13 heavy (non-hydrogen) atoms. The van der Waals surface area contributed by atoms with E-state index < -0.39 is 11.2 Å². The zero-order chi connectivity index (χ0) is 9.42. The van der Waals surface area contributed by atoms with Gasteiger partial charge in [-0.15, -0.1) is 0 Å². The summed E-state index contributed by atoms with van der Waals surface area (Å²) in [5.74, 6) is -0.849. The van der Waals surface area contributed by atoms with Crippen LogP contribution < -0.4 is 5.43 Å². The van der Waals surface area contributed by atoms with Crippen LogP contribution in [0.2, 0.25) is 0 Å². The number of fused-ring (bicyclic) bond motifs is 1. The van der Waals surface area contributed by atoms with E-state index in [4.69, 9.17) is 4.42 Å². The molecule has 0 saturated carbocycles. The van der Waals surface area contributed by atoms with Crippen LogP contribution >= 0.6 is 0 Å². The van der Waals surface area contributed by atoms with E-state index in [2.05, 4.69) is 0 Å². The normalized spacial score (nSPS) is 10.6. The van der Waals surface area contributed by atoms with Crippen molar-refractivity contribution < 1.29 is 8.81 Å². The first kappa shape index (κ1) is 7.98. The highest BCUT2D eigenvalue weighted by Gasteiger charge is 2.05. The van der Waals surface area contributed by atoms with Gasteiger partial charge in [0.1, 0.15) is 11.8 Å². The zero-order valence-corrected chi connectivity index (χ0v) is 7.00. The fraction of sp³-hybridized carbons (Fsp3) is 0.100. The van der Waals surface area contributed by atoms with Crippen LogP contribution in [0.25, 0.3) is 11.0 Å². The van der Waals surface area contributed by atoms with E-state index in [1.807, 2.05) is 13.0 Å². The fourth-order valence-electron chi connectivity index (χ4n) is 1.22. The van der Waals surface area contributed by atoms with Crippen molar-refractivity contribution in [1.82, 2.24) is 0 Å². The van der Waals surface area contributed by atoms with Crippen molar-refractivity contribution in [2.24, 2.45) is 0 Å². The van der Waals surface area contributed by atoms with Crippen LogP contribution in [-0.2, 0) is 0 Å². The number of benzene rings is 1. The van der Waals surface area contributed by atoms with Gasteiger partial charge in [-0.3, -0.25) is 4.79 Å². The summed E-state index contributed by atoms with van der Waals surface area (Å²) in [5.41, 5.74) is 0.715. The predicted octanol–water partition coefficient (Wildman–Crippen LogP) is 2.24. The lowest BCUT2D eigenvalue weighted by molar-refractivity contribution is 0.520. The smallest absolute Gasteiger partial charge is 0.228 e. The summed E-state index contributed by atoms with van der Waals surface area (Å²) in [5, 5.41) is 0.292. The quantitative estimate of drug-likeness (QED) is 0.619. The van der Waals surface area contributed by atoms with Crippen molar-refractivity contribution in [3.8, 4) is 0 Å². The molecule has 0 spiro atoms. The number of halogens is 1. The molecule has 0 N–H and O–H groups in total. The van der Waals surface area contributed by atoms with Gasteiger partial charge in [-0.05, 0) is 19.1 Å². The molecule has 0 saturated heterocycles. The van der Waals surface area contributed by atoms with Crippen molar-refractivity contribution in [1.29, 1.82) is 0 Å². The number of hydrogen-bond acceptors (Lipinski definition) is 2. The lowest BCUT2D eigenvalue weighted by atomic mass is 10.1. The Morgan fingerprint density at radius 1 is 1.38 bits per heavy atom. The average molecular weight is 178 g/mol. The fourth-order valence-corrected chi connectivity index (χ4v) is 1.22. The highest BCUT2D eigenvalue weighted by atomic mass is 19.1. The minimum absolute atomic E-state index is 0.292. The molecule has 0 atom stereocenters. The second-order valence-corrected chi connectivity index (χ2v) is 2.91. The monoisotopic (exact) mass is 178 g/mol. The zero-order valence-electron chi connectivity index (χ0n) is 7.00. The summed E-state index contributed by atoms with van der Waals surface area (Å²) in [6.07, 6.45) is 0.833. The lowest BCUT2D eigenvalue weighted by Gasteiger charge is -1.96. The van der Waals surface area contributed by atoms with Crippen LogP contribution in [0.5, 0.6) is 0 Å². The maximum Gasteiger partial charge on any atom is 0.228 e. The van der Waals surface area contributed by atoms with Crippen molar-refractivity contribution in [3.05, 3.63) is 46.1 Å². The summed E-state index contributed by atoms with van der Waals surface area (Å²) >= 11 is 0. The molecule has 1 heterocycles. The molecule has 2 aromatic rings. The standard InChI is InChI=1S/C10H7FO2/c1-6-2-3-9-7(4-6)10(12)8(11)5-13-9/h2-5H,1H3. The maximum absolute atomic E-state index is 12.8. The molecule has 2 nitrogen and oxygen atoms in total. The Morgan fingerprint density at radius 3 is 2.92 bits per heavy atom. The molecule has 0 bridgehead atoms. The Bertz CT molecular complexity index is 509. The third-order valence-corrected chi connectivity index (χ3v) is 1.89. The molecule has 0 fully saturated rings. The third kappa shape index (κ3) is 1.22. The van der Waals surface area contributed by atoms with Gasteiger partial charge in [-0.1, -0.05) is 11.6 Å². The molecular weight excluding hydrogens is 171 g/mol. The Kier molecular flexibility index (Phi) is 1.65. The molecule has 1 aromatic heterocycles. The molecular formula is C10H7FO2. The molecule has 0 aliphatic heterocycles. The first-order valence-corrected chi connectivity index (χ1v) is 3.86. The van der Waals surface area contributed by atoms with Gasteiger partial charge in [0.05, 0.1) is 5.39 Å². The van der Waals surface area contributed by atoms with Crippen LogP contribution in [0.15, 0.2) is 33.7 Å². The Hall–Kier alpha value is -1.64. The van der Waals surface area contributed by atoms with Crippen molar-refractivity contribution >= 4 is 11.0 Å². The maximum atomic E-state index is 12.8. The topological polar surface area (TPSA) is 30.2 Å². The van der Waals surface area contributed by atoms with E-state index in [9.17, 15) is 9.18 Å². The van der Waals surface area contributed by atoms with E-state index in [0.717, 1.165) is 11.8 Å². The third-order valence-electron chi connectivity index (χ3n) is 1.89. The number of aryl methyl sites for hydroxylation is 1. The summed E-state index contributed by atoms with van der Waals surface area (Å²) in [7, 11) is 0. The van der Waals surface area contributed by atoms with Gasteiger partial charge in [0.25, 0.3) is 0 Å². The Morgan fingerprint density at radius 2 is 2.15 bits per heavy atom. The van der Waals surface area contributed by atoms with Crippen LogP contribution in [0.3, 0.4) is 0 Å². The summed E-state index contributed by atoms with van der Waals surface area (Å²) in [4.78, 5) is 11.2. The van der Waals surface area contributed by atoms with Gasteiger partial charge >= 0.3 is 0 Å². The molecule has 0 radical (unpaired) electrons. The predicted molar refractivity (Wildman–Crippen MR) is 47.2 cm³/mol. The molecule has 2 rings (SSSR count). The van der Waals surface area contributed by atoms with Crippen molar-refractivity contribution in [3.63, 3.8) is 0 Å². The highest BCUT2D eigenvalue weighted by molar-refractivity contribution is 5.76. The molecule has 0 aliphatic rings. The Labute approximate surface area is 73.6 Å². The minimum atomic E-state index is -0.849. The van der Waals surface area contributed by atoms with E-state index >= 15 is 0 Å². The van der Waals surface area contributed by atoms with Crippen LogP contribution in [0.4, 0.5) is 4.39 Å². The van der Waals surface area contributed by atoms with Gasteiger partial charge in [0, 0.05) is 0 Å². The van der Waals surface area contributed by atoms with Gasteiger partial charge in [-0.2, -0.15) is 4.39 Å². The second kappa shape index (κ2) is 2.69. The minimum Gasteiger partial charge on any atom is -0.461 e. The molecule has 66 valence electrons. The van der Waals surface area contributed by atoms with Crippen molar-refractivity contribution in [2.75, 3.05) is 0 Å². The summed E-state index contributed by atoms with van der Waals surface area (Å²) in [6.45, 7) is 1.84. The second-order valence-electron chi connectivity index (χ2n) is 2.91. The number of hydrogen-bond donors (Lipinski definition) is 0. The summed E-state index contributed by atoms with van der Waals surface area (Å²) in [6, 6.07) is 5.08. The van der Waals surface area contributed by atoms with Gasteiger partial charge < -0.3 is 4.42 Å². The van der Waals surface area contributed by atoms with Gasteiger partial charge in [0.2, 0.25) is 11.2 Å². The number of rotatable bonds is 0. The van der Waals surface area contributed by atoms with Gasteiger partial charge in [0.15, 0.2) is 0 Å². The van der Waals surface area contributed by atoms with Crippen LogP contribution in [0.1, 0.15) is 5.56 Å². The Balaban J connectivity index is 2.97. The molecule has 1 aromatic carbocycles. The highest BCUT2D eigenvalue weighted by Crippen LogP contribution is 2.12. The lowest BCUT2D eigenvalue weighted by Crippen LogP contribution is -2.05. The average Bonchev–Trinajstić information content (AvgIpc) is 2.12. The molecule has 0 unspecified atom stereocenters. The van der Waals surface area contributed by atoms with Gasteiger partial charge in [-0.25, -0.2) is 0 Å². The molecule has 0 amide bonds. The summed E-state index contributed by atoms with van der Waals surface area (Å²) < 4.78 is 17.7. The van der Waals surface area contributed by atoms with E-state index in [0.29, 0.717) is 11.0 Å². The first-order chi connectivity index (χ1) is 6.18. The van der Waals surface area contributed by atoms with Crippen LogP contribution in [-0.4, -0.2) is 0 Å². The largest absolute Gasteiger partial charge is 0.461 e. The van der Waals surface area contributed by atoms with Crippen molar-refractivity contribution in [2.45, 2.75) is 6.92 Å². The van der Waals surface area contributed by atoms with E-state index in [-0.39, 0.29) is 0 Å². The van der Waals surface area contributed by atoms with Crippen LogP contribution in [0, 0.1) is 12.7 Å². The SMILES string of the molecule is Cc1ccc2occ(F)c(=O)c2c1. The molecule has 0 aliphatic carbocycles. The van der Waals surface area contributed by atoms with E-state index in [1.54, 1.807) is 12.1 Å². The first-order valence-electron chi connectivity index (χ1n) is 3.86. The van der Waals surface area contributed by atoms with E-state index in [1.165, 1.54) is 0 Å².